The van der Waals surface area contributed by atoms with Gasteiger partial charge in [0.05, 0.1) is 26.9 Å². The molecule has 9 heteroatoms. The van der Waals surface area contributed by atoms with Crippen molar-refractivity contribution in [3.05, 3.63) is 72.3 Å². The predicted octanol–water partition coefficient (Wildman–Crippen LogP) is 3.14. The highest BCUT2D eigenvalue weighted by Gasteiger charge is 2.33. The van der Waals surface area contributed by atoms with Crippen LogP contribution in [0.5, 0.6) is 17.2 Å². The molecule has 0 spiro atoms. The molecule has 1 N–H and O–H groups in total. The molecule has 0 amide bonds. The van der Waals surface area contributed by atoms with Crippen LogP contribution in [-0.2, 0) is 17.8 Å². The van der Waals surface area contributed by atoms with Gasteiger partial charge in [-0.3, -0.25) is 9.58 Å². The number of aryl methyl sites for hydroxylation is 1. The monoisotopic (exact) mass is 485 g/mol. The van der Waals surface area contributed by atoms with Gasteiger partial charge in [-0.05, 0) is 35.9 Å². The summed E-state index contributed by atoms with van der Waals surface area (Å²) in [5.74, 6) is 1.35. The molecule has 0 unspecified atom stereocenters. The lowest BCUT2D eigenvalue weighted by molar-refractivity contribution is -0.0647. The third-order valence-electron chi connectivity index (χ3n) is 5.73. The summed E-state index contributed by atoms with van der Waals surface area (Å²) in [5.41, 5.74) is -0.189. The van der Waals surface area contributed by atoms with Crippen molar-refractivity contribution in [2.24, 2.45) is 0 Å². The summed E-state index contributed by atoms with van der Waals surface area (Å²) in [7, 11) is 1.62. The van der Waals surface area contributed by atoms with Gasteiger partial charge in [-0.25, -0.2) is 4.39 Å². The predicted molar refractivity (Wildman–Crippen MR) is 128 cm³/mol. The maximum Gasteiger partial charge on any atom is 0.161 e. The number of aliphatic hydroxyl groups is 1. The fourth-order valence-corrected chi connectivity index (χ4v) is 4.02. The maximum atomic E-state index is 13.4. The van der Waals surface area contributed by atoms with E-state index in [1.807, 2.05) is 35.1 Å². The van der Waals surface area contributed by atoms with Crippen molar-refractivity contribution in [3.63, 3.8) is 0 Å². The number of rotatable bonds is 11. The van der Waals surface area contributed by atoms with E-state index >= 15 is 0 Å². The highest BCUT2D eigenvalue weighted by atomic mass is 19.1. The van der Waals surface area contributed by atoms with E-state index in [9.17, 15) is 9.50 Å². The van der Waals surface area contributed by atoms with Crippen LogP contribution < -0.4 is 14.2 Å². The Morgan fingerprint density at radius 2 is 2.06 bits per heavy atom. The van der Waals surface area contributed by atoms with Crippen molar-refractivity contribution in [3.8, 4) is 17.2 Å². The van der Waals surface area contributed by atoms with Crippen LogP contribution in [0.4, 0.5) is 4.39 Å². The van der Waals surface area contributed by atoms with Crippen molar-refractivity contribution < 1.29 is 28.4 Å². The summed E-state index contributed by atoms with van der Waals surface area (Å²) in [6.07, 6.45) is 4.52. The van der Waals surface area contributed by atoms with Crippen molar-refractivity contribution >= 4 is 0 Å². The van der Waals surface area contributed by atoms with E-state index in [1.165, 1.54) is 12.1 Å². The van der Waals surface area contributed by atoms with Crippen LogP contribution in [0, 0.1) is 5.82 Å². The molecule has 1 aliphatic rings. The van der Waals surface area contributed by atoms with Crippen LogP contribution >= 0.6 is 0 Å². The van der Waals surface area contributed by atoms with Crippen molar-refractivity contribution in [1.29, 1.82) is 0 Å². The lowest BCUT2D eigenvalue weighted by Crippen LogP contribution is -2.48. The Morgan fingerprint density at radius 3 is 2.86 bits per heavy atom. The standard InChI is InChI=1S/C26H32FN3O5/c1-32-25-15-21(7-8-24(25)34-13-4-11-30-10-3-9-28-30)17-29-12-14-33-19-26(31,18-29)20-35-23-6-2-5-22(27)16-23/h2-3,5-10,15-16,31H,4,11-14,17-20H2,1H3/t26-/m0/s1. The Labute approximate surface area is 204 Å². The van der Waals surface area contributed by atoms with Crippen LogP contribution in [0.25, 0.3) is 0 Å². The molecule has 0 radical (unpaired) electrons. The Bertz CT molecular complexity index is 1060. The number of aromatic nitrogens is 2. The summed E-state index contributed by atoms with van der Waals surface area (Å²) in [4.78, 5) is 2.11. The first-order valence-electron chi connectivity index (χ1n) is 11.7. The number of β-amino-alcohol motifs (C(OH)–C–C–N with tert-alkyl or cyclic N) is 1. The van der Waals surface area contributed by atoms with Crippen LogP contribution in [0.3, 0.4) is 0 Å². The number of halogens is 1. The summed E-state index contributed by atoms with van der Waals surface area (Å²) >= 11 is 0. The van der Waals surface area contributed by atoms with E-state index < -0.39 is 5.60 Å². The number of ether oxygens (including phenoxy) is 4. The molecule has 35 heavy (non-hydrogen) atoms. The van der Waals surface area contributed by atoms with Gasteiger partial charge in [-0.15, -0.1) is 0 Å². The molecule has 0 aliphatic carbocycles. The average Bonchev–Trinajstić information content (AvgIpc) is 3.30. The fourth-order valence-electron chi connectivity index (χ4n) is 4.02. The number of hydrogen-bond acceptors (Lipinski definition) is 7. The second-order valence-electron chi connectivity index (χ2n) is 8.69. The molecular formula is C26H32FN3O5. The van der Waals surface area contributed by atoms with E-state index in [4.69, 9.17) is 18.9 Å². The quantitative estimate of drug-likeness (QED) is 0.418. The Morgan fingerprint density at radius 1 is 1.14 bits per heavy atom. The third kappa shape index (κ3) is 7.42. The van der Waals surface area contributed by atoms with Crippen molar-refractivity contribution in [2.75, 3.05) is 46.6 Å². The van der Waals surface area contributed by atoms with Gasteiger partial charge in [0.1, 0.15) is 23.8 Å². The topological polar surface area (TPSA) is 78.2 Å². The molecule has 1 aromatic heterocycles. The van der Waals surface area contributed by atoms with Crippen LogP contribution in [-0.4, -0.2) is 72.0 Å². The second kappa shape index (κ2) is 12.0. The van der Waals surface area contributed by atoms with Gasteiger partial charge >= 0.3 is 0 Å². The first-order valence-corrected chi connectivity index (χ1v) is 11.7. The Kier molecular flexibility index (Phi) is 8.57. The lowest BCUT2D eigenvalue weighted by Gasteiger charge is -2.30. The number of nitrogens with zero attached hydrogens (tertiary/aromatic N) is 3. The zero-order valence-electron chi connectivity index (χ0n) is 19.9. The number of hydrogen-bond donors (Lipinski definition) is 1. The summed E-state index contributed by atoms with van der Waals surface area (Å²) in [5, 5.41) is 15.3. The van der Waals surface area contributed by atoms with Crippen molar-refractivity contribution in [1.82, 2.24) is 14.7 Å². The summed E-state index contributed by atoms with van der Waals surface area (Å²) in [6.45, 7) is 3.60. The van der Waals surface area contributed by atoms with Gasteiger partial charge in [0, 0.05) is 51.1 Å². The molecule has 1 fully saturated rings. The van der Waals surface area contributed by atoms with Gasteiger partial charge in [-0.2, -0.15) is 5.10 Å². The highest BCUT2D eigenvalue weighted by Crippen LogP contribution is 2.29. The normalized spacial score (nSPS) is 18.7. The molecule has 188 valence electrons. The molecule has 1 saturated heterocycles. The highest BCUT2D eigenvalue weighted by molar-refractivity contribution is 5.43. The molecule has 0 bridgehead atoms. The molecule has 1 atom stereocenters. The van der Waals surface area contributed by atoms with Gasteiger partial charge in [0.25, 0.3) is 0 Å². The van der Waals surface area contributed by atoms with Gasteiger partial charge in [0.2, 0.25) is 0 Å². The number of benzene rings is 2. The van der Waals surface area contributed by atoms with Gasteiger partial charge in [-0.1, -0.05) is 12.1 Å². The Balaban J connectivity index is 1.32. The zero-order chi connectivity index (χ0) is 24.5. The molecule has 3 aromatic rings. The smallest absolute Gasteiger partial charge is 0.161 e. The lowest BCUT2D eigenvalue weighted by atomic mass is 10.1. The van der Waals surface area contributed by atoms with Gasteiger partial charge < -0.3 is 24.1 Å². The fraction of sp³-hybridized carbons (Fsp3) is 0.423. The second-order valence-corrected chi connectivity index (χ2v) is 8.69. The molecule has 4 rings (SSSR count). The largest absolute Gasteiger partial charge is 0.493 e. The minimum atomic E-state index is -1.22. The van der Waals surface area contributed by atoms with E-state index in [1.54, 1.807) is 25.4 Å². The van der Waals surface area contributed by atoms with E-state index in [0.29, 0.717) is 50.1 Å². The first kappa shape index (κ1) is 25.0. The van der Waals surface area contributed by atoms with E-state index in [2.05, 4.69) is 10.00 Å². The summed E-state index contributed by atoms with van der Waals surface area (Å²) in [6, 6.07) is 13.7. The van der Waals surface area contributed by atoms with E-state index in [0.717, 1.165) is 18.5 Å². The van der Waals surface area contributed by atoms with E-state index in [-0.39, 0.29) is 19.0 Å². The molecule has 8 nitrogen and oxygen atoms in total. The van der Waals surface area contributed by atoms with Crippen LogP contribution in [0.1, 0.15) is 12.0 Å². The van der Waals surface area contributed by atoms with Crippen molar-refractivity contribution in [2.45, 2.75) is 25.1 Å². The zero-order valence-corrected chi connectivity index (χ0v) is 19.9. The van der Waals surface area contributed by atoms with Gasteiger partial charge in [0.15, 0.2) is 11.5 Å². The van der Waals surface area contributed by atoms with Crippen LogP contribution in [0.2, 0.25) is 0 Å². The molecule has 2 heterocycles. The minimum Gasteiger partial charge on any atom is -0.493 e. The average molecular weight is 486 g/mol. The molecule has 0 saturated carbocycles. The molecule has 2 aromatic carbocycles. The van der Waals surface area contributed by atoms with Crippen LogP contribution in [0.15, 0.2) is 60.9 Å². The first-order chi connectivity index (χ1) is 17.0. The third-order valence-corrected chi connectivity index (χ3v) is 5.73. The minimum absolute atomic E-state index is 0.00157. The summed E-state index contributed by atoms with van der Waals surface area (Å²) < 4.78 is 38.1. The SMILES string of the molecule is COc1cc(CN2CCOC[C@](O)(COc3cccc(F)c3)C2)ccc1OCCCn1cccn1. The maximum absolute atomic E-state index is 13.4. The Hall–Kier alpha value is -3.14. The molecule has 1 aliphatic heterocycles. The molecular weight excluding hydrogens is 453 g/mol. The number of methoxy groups -OCH3 is 1.